The summed E-state index contributed by atoms with van der Waals surface area (Å²) < 4.78 is 90.9. The molecule has 0 radical (unpaired) electrons. The van der Waals surface area contributed by atoms with Gasteiger partial charge in [0.25, 0.3) is 5.91 Å². The molecule has 1 aliphatic heterocycles. The van der Waals surface area contributed by atoms with E-state index in [2.05, 4.69) is 4.74 Å². The monoisotopic (exact) mass is 605 g/mol. The number of nitrogens with zero attached hydrogens (tertiary/aromatic N) is 1. The van der Waals surface area contributed by atoms with Gasteiger partial charge < -0.3 is 19.1 Å². The third-order valence-electron chi connectivity index (χ3n) is 5.33. The van der Waals surface area contributed by atoms with Crippen molar-refractivity contribution in [2.75, 3.05) is 19.7 Å². The summed E-state index contributed by atoms with van der Waals surface area (Å²) in [6.45, 7) is 1.88. The summed E-state index contributed by atoms with van der Waals surface area (Å²) >= 11 is 1.97. The molecule has 1 unspecified atom stereocenters. The average Bonchev–Trinajstić information content (AvgIpc) is 3.21. The molecule has 2 aliphatic rings. The second-order valence-corrected chi connectivity index (χ2v) is 9.22. The van der Waals surface area contributed by atoms with Crippen LogP contribution in [-0.2, 0) is 9.47 Å². The number of hydrogen-bond donors (Lipinski definition) is 0. The van der Waals surface area contributed by atoms with Gasteiger partial charge in [0.05, 0.1) is 17.9 Å². The first kappa shape index (κ1) is 26.5. The molecule has 188 valence electrons. The summed E-state index contributed by atoms with van der Waals surface area (Å²) in [5.41, 5.74) is 0.0573. The van der Waals surface area contributed by atoms with Gasteiger partial charge in [-0.25, -0.2) is 0 Å². The van der Waals surface area contributed by atoms with Crippen molar-refractivity contribution in [3.05, 3.63) is 51.0 Å². The van der Waals surface area contributed by atoms with Gasteiger partial charge in [-0.1, -0.05) is 0 Å². The van der Waals surface area contributed by atoms with Crippen molar-refractivity contribution in [1.82, 2.24) is 4.90 Å². The molecule has 1 fully saturated rings. The molecule has 0 N–H and O–H groups in total. The Morgan fingerprint density at radius 3 is 2.44 bits per heavy atom. The molecule has 1 amide bonds. The van der Waals surface area contributed by atoms with E-state index in [1.807, 2.05) is 22.6 Å². The fourth-order valence-corrected chi connectivity index (χ4v) is 4.02. The highest BCUT2D eigenvalue weighted by Crippen LogP contribution is 2.31. The number of benzene rings is 1. The lowest BCUT2D eigenvalue weighted by Gasteiger charge is -2.22. The van der Waals surface area contributed by atoms with Gasteiger partial charge >= 0.3 is 12.5 Å². The fourth-order valence-electron chi connectivity index (χ4n) is 3.53. The third kappa shape index (κ3) is 7.44. The van der Waals surface area contributed by atoms with Crippen LogP contribution in [0, 0.1) is 9.49 Å². The number of halogens is 7. The number of alkyl halides is 6. The third-order valence-corrected chi connectivity index (χ3v) is 6.00. The van der Waals surface area contributed by atoms with E-state index < -0.39 is 24.5 Å². The molecule has 12 heteroatoms. The van der Waals surface area contributed by atoms with Crippen molar-refractivity contribution >= 4 is 28.5 Å². The quantitative estimate of drug-likeness (QED) is 0.275. The van der Waals surface area contributed by atoms with Gasteiger partial charge in [0.1, 0.15) is 11.5 Å². The van der Waals surface area contributed by atoms with Crippen LogP contribution in [0.1, 0.15) is 36.5 Å². The smallest absolute Gasteiger partial charge is 0.498 e. The Morgan fingerprint density at radius 2 is 1.82 bits per heavy atom. The van der Waals surface area contributed by atoms with E-state index >= 15 is 0 Å². The van der Waals surface area contributed by atoms with E-state index in [-0.39, 0.29) is 42.4 Å². The first-order valence-corrected chi connectivity index (χ1v) is 11.5. The van der Waals surface area contributed by atoms with Crippen LogP contribution < -0.4 is 4.74 Å². The van der Waals surface area contributed by atoms with Gasteiger partial charge in [-0.05, 0) is 66.3 Å². The summed E-state index contributed by atoms with van der Waals surface area (Å²) in [6, 6.07) is 4.41. The lowest BCUT2D eigenvalue weighted by molar-refractivity contribution is -0.306. The minimum absolute atomic E-state index is 0.0251. The lowest BCUT2D eigenvalue weighted by atomic mass is 10.1. The number of likely N-dealkylation sites (tertiary alicyclic amines) is 1. The van der Waals surface area contributed by atoms with Gasteiger partial charge in [0.2, 0.25) is 0 Å². The summed E-state index contributed by atoms with van der Waals surface area (Å²) in [7, 11) is 0. The molecular weight excluding hydrogens is 583 g/mol. The minimum atomic E-state index is -4.73. The van der Waals surface area contributed by atoms with E-state index in [0.717, 1.165) is 6.92 Å². The molecule has 1 aromatic carbocycles. The van der Waals surface area contributed by atoms with Crippen molar-refractivity contribution in [1.29, 1.82) is 0 Å². The Morgan fingerprint density at radius 1 is 1.15 bits per heavy atom. The Labute approximate surface area is 205 Å². The highest BCUT2D eigenvalue weighted by Gasteiger charge is 2.39. The van der Waals surface area contributed by atoms with Gasteiger partial charge in [0, 0.05) is 35.4 Å². The molecule has 1 saturated heterocycles. The Hall–Kier alpha value is -2.12. The zero-order chi connectivity index (χ0) is 25.1. The normalized spacial score (nSPS) is 19.9. The number of amides is 1. The van der Waals surface area contributed by atoms with E-state index in [0.29, 0.717) is 28.8 Å². The highest BCUT2D eigenvalue weighted by atomic mass is 127. The number of rotatable bonds is 7. The second kappa shape index (κ2) is 10.6. The molecule has 34 heavy (non-hydrogen) atoms. The second-order valence-electron chi connectivity index (χ2n) is 7.97. The fraction of sp³-hybridized carbons (Fsp3) is 0.500. The number of hydrogen-bond acceptors (Lipinski definition) is 4. The first-order chi connectivity index (χ1) is 15.8. The van der Waals surface area contributed by atoms with Crippen LogP contribution in [0.5, 0.6) is 5.75 Å². The van der Waals surface area contributed by atoms with Crippen molar-refractivity contribution in [2.24, 2.45) is 5.92 Å². The molecule has 0 bridgehead atoms. The topological polar surface area (TPSA) is 48.0 Å². The molecular formula is C22H22F6INO4. The molecule has 0 aromatic heterocycles. The standard InChI is InChI=1S/C22H22F6INO4/c1-13(21(23,24)25)33-19-7-2-15(29)10-18(19)20(31)30-9-8-14(11-30)12-32-16-3-5-17(6-4-16)34-22(26,27)28/h2-3,5,7,10,13-14H,4,6,8-9,11-12H2,1H3/t13?,14-/m1/s1. The van der Waals surface area contributed by atoms with Crippen LogP contribution in [0.2, 0.25) is 0 Å². The van der Waals surface area contributed by atoms with Gasteiger partial charge in [0.15, 0.2) is 6.10 Å². The van der Waals surface area contributed by atoms with Crippen molar-refractivity contribution < 1.29 is 45.3 Å². The summed E-state index contributed by atoms with van der Waals surface area (Å²) in [6.07, 6.45) is -7.77. The maximum atomic E-state index is 13.0. The number of carbonyl (C=O) groups excluding carboxylic acids is 1. The first-order valence-electron chi connectivity index (χ1n) is 10.4. The predicted molar refractivity (Wildman–Crippen MR) is 118 cm³/mol. The van der Waals surface area contributed by atoms with Crippen molar-refractivity contribution in [2.45, 2.75) is 44.8 Å². The Balaban J connectivity index is 1.58. The van der Waals surface area contributed by atoms with E-state index in [1.165, 1.54) is 29.2 Å². The van der Waals surface area contributed by atoms with Gasteiger partial charge in [-0.3, -0.25) is 4.79 Å². The number of allylic oxidation sites excluding steroid dienone is 4. The largest absolute Gasteiger partial charge is 0.572 e. The molecule has 1 heterocycles. The molecule has 1 aromatic rings. The van der Waals surface area contributed by atoms with Crippen LogP contribution in [0.4, 0.5) is 26.3 Å². The molecule has 5 nitrogen and oxygen atoms in total. The van der Waals surface area contributed by atoms with Crippen LogP contribution in [-0.4, -0.2) is 49.1 Å². The lowest BCUT2D eigenvalue weighted by Crippen LogP contribution is -2.33. The molecule has 3 rings (SSSR count). The average molecular weight is 605 g/mol. The zero-order valence-electron chi connectivity index (χ0n) is 18.0. The maximum Gasteiger partial charge on any atom is 0.572 e. The summed E-state index contributed by atoms with van der Waals surface area (Å²) in [5, 5.41) is 0. The van der Waals surface area contributed by atoms with Crippen LogP contribution >= 0.6 is 22.6 Å². The van der Waals surface area contributed by atoms with Crippen LogP contribution in [0.25, 0.3) is 0 Å². The van der Waals surface area contributed by atoms with Gasteiger partial charge in [-0.2, -0.15) is 13.2 Å². The van der Waals surface area contributed by atoms with Crippen molar-refractivity contribution in [3.63, 3.8) is 0 Å². The predicted octanol–water partition coefficient (Wildman–Crippen LogP) is 6.20. The Kier molecular flexibility index (Phi) is 8.30. The zero-order valence-corrected chi connectivity index (χ0v) is 20.2. The molecule has 0 spiro atoms. The Bertz CT molecular complexity index is 960. The maximum absolute atomic E-state index is 13.0. The summed E-state index contributed by atoms with van der Waals surface area (Å²) in [4.78, 5) is 14.6. The van der Waals surface area contributed by atoms with Crippen LogP contribution in [0.3, 0.4) is 0 Å². The molecule has 1 aliphatic carbocycles. The van der Waals surface area contributed by atoms with Gasteiger partial charge in [-0.15, -0.1) is 13.2 Å². The minimum Gasteiger partial charge on any atom is -0.498 e. The van der Waals surface area contributed by atoms with Crippen molar-refractivity contribution in [3.8, 4) is 5.75 Å². The number of ether oxygens (including phenoxy) is 3. The van der Waals surface area contributed by atoms with Crippen LogP contribution in [0.15, 0.2) is 41.9 Å². The number of carbonyl (C=O) groups is 1. The van der Waals surface area contributed by atoms with E-state index in [4.69, 9.17) is 9.47 Å². The van der Waals surface area contributed by atoms with E-state index in [9.17, 15) is 31.1 Å². The molecule has 2 atom stereocenters. The summed E-state index contributed by atoms with van der Waals surface area (Å²) in [5.74, 6) is -0.255. The van der Waals surface area contributed by atoms with E-state index in [1.54, 1.807) is 6.07 Å². The highest BCUT2D eigenvalue weighted by molar-refractivity contribution is 14.1. The molecule has 0 saturated carbocycles. The SMILES string of the molecule is CC(Oc1ccc(I)cc1C(=O)N1CC[C@@H](COC2=CC=C(OC(F)(F)F)CC2)C1)C(F)(F)F.